The van der Waals surface area contributed by atoms with Crippen molar-refractivity contribution >= 4 is 6.09 Å². The van der Waals surface area contributed by atoms with Gasteiger partial charge in [-0.2, -0.15) is 0 Å². The van der Waals surface area contributed by atoms with Crippen LogP contribution in [0.15, 0.2) is 60.7 Å². The van der Waals surface area contributed by atoms with Gasteiger partial charge in [-0.3, -0.25) is 0 Å². The first-order valence-corrected chi connectivity index (χ1v) is 8.40. The molecule has 0 aliphatic rings. The highest BCUT2D eigenvalue weighted by Crippen LogP contribution is 2.28. The molecule has 2 aromatic carbocycles. The second kappa shape index (κ2) is 7.51. The lowest BCUT2D eigenvalue weighted by atomic mass is 10.1. The fourth-order valence-corrected chi connectivity index (χ4v) is 2.46. The summed E-state index contributed by atoms with van der Waals surface area (Å²) in [5.41, 5.74) is 6.57. The highest BCUT2D eigenvalue weighted by Gasteiger charge is 2.17. The molecule has 7 nitrogen and oxygen atoms in total. The van der Waals surface area contributed by atoms with E-state index in [4.69, 9.17) is 15.2 Å². The van der Waals surface area contributed by atoms with Crippen molar-refractivity contribution in [3.8, 4) is 28.6 Å². The number of nitrogens with zero attached hydrogens (tertiary/aromatic N) is 2. The average Bonchev–Trinajstić information content (AvgIpc) is 3.05. The number of hydrogen-bond donors (Lipinski definition) is 2. The van der Waals surface area contributed by atoms with Gasteiger partial charge >= 0.3 is 6.09 Å². The van der Waals surface area contributed by atoms with Gasteiger partial charge in [0, 0.05) is 11.6 Å². The summed E-state index contributed by atoms with van der Waals surface area (Å²) in [6, 6.07) is 18.3. The third kappa shape index (κ3) is 4.86. The van der Waals surface area contributed by atoms with Crippen LogP contribution in [-0.2, 0) is 0 Å². The summed E-state index contributed by atoms with van der Waals surface area (Å²) in [5.74, 6) is 0.754. The van der Waals surface area contributed by atoms with Crippen LogP contribution in [-0.4, -0.2) is 33.2 Å². The zero-order chi connectivity index (χ0) is 19.4. The van der Waals surface area contributed by atoms with E-state index in [1.54, 1.807) is 48.9 Å². The number of nitrogens with two attached hydrogens (primary N) is 1. The number of para-hydroxylation sites is 1. The third-order valence-corrected chi connectivity index (χ3v) is 3.63. The van der Waals surface area contributed by atoms with E-state index < -0.39 is 11.7 Å². The molecule has 1 heterocycles. The summed E-state index contributed by atoms with van der Waals surface area (Å²) < 4.78 is 12.3. The molecule has 0 fully saturated rings. The Bertz CT molecular complexity index is 913. The zero-order valence-electron chi connectivity index (χ0n) is 15.1. The Morgan fingerprint density at radius 1 is 1.15 bits per heavy atom. The monoisotopic (exact) mass is 367 g/mol. The van der Waals surface area contributed by atoms with Gasteiger partial charge in [-0.25, -0.2) is 9.48 Å². The Hall–Kier alpha value is -3.32. The molecule has 0 radical (unpaired) electrons. The van der Waals surface area contributed by atoms with Gasteiger partial charge < -0.3 is 20.3 Å². The van der Waals surface area contributed by atoms with Crippen molar-refractivity contribution in [2.24, 2.45) is 5.73 Å². The van der Waals surface area contributed by atoms with Gasteiger partial charge in [0.1, 0.15) is 12.4 Å². The van der Waals surface area contributed by atoms with Gasteiger partial charge in [0.2, 0.25) is 5.88 Å². The highest BCUT2D eigenvalue weighted by molar-refractivity contribution is 5.69. The van der Waals surface area contributed by atoms with Crippen molar-refractivity contribution in [3.63, 3.8) is 0 Å². The molecule has 1 amide bonds. The van der Waals surface area contributed by atoms with Crippen LogP contribution in [0.1, 0.15) is 13.8 Å². The van der Waals surface area contributed by atoms with E-state index >= 15 is 0 Å². The van der Waals surface area contributed by atoms with Crippen LogP contribution in [0, 0.1) is 0 Å². The lowest BCUT2D eigenvalue weighted by molar-refractivity contribution is 0.0267. The van der Waals surface area contributed by atoms with Gasteiger partial charge in [-0.1, -0.05) is 18.2 Å². The van der Waals surface area contributed by atoms with Gasteiger partial charge in [0.25, 0.3) is 0 Å². The quantitative estimate of drug-likeness (QED) is 0.697. The fraction of sp³-hybridized carbons (Fsp3) is 0.200. The molecule has 0 saturated carbocycles. The summed E-state index contributed by atoms with van der Waals surface area (Å²) in [7, 11) is 0. The molecular formula is C20H21N3O4. The number of aliphatic hydroxyl groups is 1. The lowest BCUT2D eigenvalue weighted by Crippen LogP contribution is -2.28. The van der Waals surface area contributed by atoms with E-state index in [9.17, 15) is 9.90 Å². The van der Waals surface area contributed by atoms with E-state index in [1.807, 2.05) is 30.3 Å². The van der Waals surface area contributed by atoms with Gasteiger partial charge in [0.05, 0.1) is 17.0 Å². The fourth-order valence-electron chi connectivity index (χ4n) is 2.46. The number of benzene rings is 2. The second-order valence-electron chi connectivity index (χ2n) is 6.66. The van der Waals surface area contributed by atoms with Crippen molar-refractivity contribution in [2.45, 2.75) is 19.4 Å². The summed E-state index contributed by atoms with van der Waals surface area (Å²) in [5, 5.41) is 14.4. The summed E-state index contributed by atoms with van der Waals surface area (Å²) in [6.07, 6.45) is -0.862. The lowest BCUT2D eigenvalue weighted by Gasteiger charge is -2.16. The molecule has 0 saturated heterocycles. The van der Waals surface area contributed by atoms with E-state index in [1.165, 1.54) is 0 Å². The Labute approximate surface area is 157 Å². The van der Waals surface area contributed by atoms with Crippen LogP contribution >= 0.6 is 0 Å². The zero-order valence-corrected chi connectivity index (χ0v) is 15.1. The first-order chi connectivity index (χ1) is 12.8. The van der Waals surface area contributed by atoms with Gasteiger partial charge in [-0.15, -0.1) is 5.10 Å². The molecule has 3 N–H and O–H groups in total. The number of rotatable bonds is 6. The topological polar surface area (TPSA) is 99.6 Å². The minimum Gasteiger partial charge on any atom is -0.474 e. The predicted octanol–water partition coefficient (Wildman–Crippen LogP) is 3.15. The first-order valence-electron chi connectivity index (χ1n) is 8.40. The Morgan fingerprint density at radius 3 is 2.41 bits per heavy atom. The van der Waals surface area contributed by atoms with Crippen molar-refractivity contribution in [1.82, 2.24) is 9.78 Å². The number of primary amides is 1. The minimum absolute atomic E-state index is 0.115. The maximum atomic E-state index is 10.9. The first kappa shape index (κ1) is 18.5. The molecule has 0 atom stereocenters. The molecule has 1 aromatic heterocycles. The second-order valence-corrected chi connectivity index (χ2v) is 6.66. The van der Waals surface area contributed by atoms with E-state index in [0.29, 0.717) is 11.6 Å². The molecule has 0 bridgehead atoms. The third-order valence-electron chi connectivity index (χ3n) is 3.63. The van der Waals surface area contributed by atoms with Crippen molar-refractivity contribution < 1.29 is 19.4 Å². The minimum atomic E-state index is -0.968. The SMILES string of the molecule is CC(C)(O)COc1cc(-c2ccc(OC(N)=O)cc2)n(-c2ccccc2)n1. The number of amides is 1. The van der Waals surface area contributed by atoms with Gasteiger partial charge in [0.15, 0.2) is 0 Å². The standard InChI is InChI=1S/C20H21N3O4/c1-20(2,25)13-26-18-12-17(23(22-18)15-6-4-3-5-7-15)14-8-10-16(11-9-14)27-19(21)24/h3-12,25H,13H2,1-2H3,(H2,21,24). The molecular weight excluding hydrogens is 346 g/mol. The molecule has 3 aromatic rings. The van der Waals surface area contributed by atoms with E-state index in [2.05, 4.69) is 5.10 Å². The number of aromatic nitrogens is 2. The molecule has 0 unspecified atom stereocenters. The van der Waals surface area contributed by atoms with Crippen molar-refractivity contribution in [1.29, 1.82) is 0 Å². The number of carbonyl (C=O) groups excluding carboxylic acids is 1. The van der Waals surface area contributed by atoms with Crippen molar-refractivity contribution in [3.05, 3.63) is 60.7 Å². The van der Waals surface area contributed by atoms with Crippen LogP contribution in [0.4, 0.5) is 4.79 Å². The Morgan fingerprint density at radius 2 is 1.81 bits per heavy atom. The Kier molecular flexibility index (Phi) is 5.14. The summed E-state index contributed by atoms with van der Waals surface area (Å²) >= 11 is 0. The summed E-state index contributed by atoms with van der Waals surface area (Å²) in [6.45, 7) is 3.45. The Balaban J connectivity index is 1.97. The predicted molar refractivity (Wildman–Crippen MR) is 101 cm³/mol. The number of ether oxygens (including phenoxy) is 2. The van der Waals surface area contributed by atoms with Crippen LogP contribution in [0.3, 0.4) is 0 Å². The van der Waals surface area contributed by atoms with Crippen LogP contribution < -0.4 is 15.2 Å². The molecule has 27 heavy (non-hydrogen) atoms. The smallest absolute Gasteiger partial charge is 0.409 e. The van der Waals surface area contributed by atoms with E-state index in [0.717, 1.165) is 16.9 Å². The number of hydrogen-bond acceptors (Lipinski definition) is 5. The largest absolute Gasteiger partial charge is 0.474 e. The van der Waals surface area contributed by atoms with Crippen molar-refractivity contribution in [2.75, 3.05) is 6.61 Å². The molecule has 7 heteroatoms. The molecule has 140 valence electrons. The maximum absolute atomic E-state index is 10.9. The molecule has 0 aliphatic heterocycles. The average molecular weight is 367 g/mol. The normalized spacial score (nSPS) is 11.2. The highest BCUT2D eigenvalue weighted by atomic mass is 16.5. The van der Waals surface area contributed by atoms with E-state index in [-0.39, 0.29) is 6.61 Å². The van der Waals surface area contributed by atoms with Crippen LogP contribution in [0.2, 0.25) is 0 Å². The maximum Gasteiger partial charge on any atom is 0.409 e. The van der Waals surface area contributed by atoms with Crippen LogP contribution in [0.5, 0.6) is 11.6 Å². The summed E-state index contributed by atoms with van der Waals surface area (Å²) in [4.78, 5) is 10.9. The van der Waals surface area contributed by atoms with Crippen LogP contribution in [0.25, 0.3) is 16.9 Å². The number of carbonyl (C=O) groups is 1. The molecule has 3 rings (SSSR count). The molecule has 0 aliphatic carbocycles. The van der Waals surface area contributed by atoms with Gasteiger partial charge in [-0.05, 0) is 50.2 Å². The molecule has 0 spiro atoms.